The molecule has 1 heterocycles. The van der Waals surface area contributed by atoms with Crippen molar-refractivity contribution in [3.05, 3.63) is 70.7 Å². The molecule has 0 bridgehead atoms. The molecule has 0 amide bonds. The third kappa shape index (κ3) is 5.76. The summed E-state index contributed by atoms with van der Waals surface area (Å²) in [6.45, 7) is 1.15. The van der Waals surface area contributed by atoms with Crippen LogP contribution in [0.1, 0.15) is 22.8 Å². The van der Waals surface area contributed by atoms with Gasteiger partial charge in [0.2, 0.25) is 0 Å². The van der Waals surface area contributed by atoms with Crippen molar-refractivity contribution >= 4 is 28.8 Å². The molecule has 0 saturated heterocycles. The second-order valence-corrected chi connectivity index (χ2v) is 7.86. The largest absolute Gasteiger partial charge is 0.497 e. The molecule has 8 nitrogen and oxygen atoms in total. The van der Waals surface area contributed by atoms with E-state index in [-0.39, 0.29) is 23.9 Å². The van der Waals surface area contributed by atoms with E-state index in [4.69, 9.17) is 15.2 Å². The highest BCUT2D eigenvalue weighted by Crippen LogP contribution is 2.29. The summed E-state index contributed by atoms with van der Waals surface area (Å²) >= 11 is 1.15. The lowest BCUT2D eigenvalue weighted by Gasteiger charge is -2.20. The van der Waals surface area contributed by atoms with E-state index in [2.05, 4.69) is 9.69 Å². The molecule has 3 rings (SSSR count). The number of benzene rings is 2. The maximum atomic E-state index is 13.6. The maximum Gasteiger partial charge on any atom is 0.194 e. The lowest BCUT2D eigenvalue weighted by molar-refractivity contribution is -0.112. The summed E-state index contributed by atoms with van der Waals surface area (Å²) in [7, 11) is 3.08. The Morgan fingerprint density at radius 1 is 1.15 bits per heavy atom. The number of Topliss-reactive ketones (excluding diaryl/α,β-unsaturated/α-hetero) is 1. The minimum Gasteiger partial charge on any atom is -0.497 e. The lowest BCUT2D eigenvalue weighted by Crippen LogP contribution is -2.35. The van der Waals surface area contributed by atoms with Crippen molar-refractivity contribution in [1.82, 2.24) is 4.37 Å². The van der Waals surface area contributed by atoms with E-state index in [1.807, 2.05) is 12.1 Å². The van der Waals surface area contributed by atoms with E-state index >= 15 is 0 Å². The first-order valence-electron chi connectivity index (χ1n) is 10.0. The number of allylic oxidation sites excluding steroid dienone is 1. The highest BCUT2D eigenvalue weighted by molar-refractivity contribution is 7.04. The van der Waals surface area contributed by atoms with Crippen LogP contribution in [0.2, 0.25) is 0 Å². The van der Waals surface area contributed by atoms with Gasteiger partial charge < -0.3 is 25.6 Å². The Morgan fingerprint density at radius 3 is 2.45 bits per heavy atom. The molecule has 0 radical (unpaired) electrons. The van der Waals surface area contributed by atoms with Gasteiger partial charge in [0.05, 0.1) is 32.1 Å². The smallest absolute Gasteiger partial charge is 0.194 e. The molecule has 0 aliphatic rings. The number of anilines is 1. The van der Waals surface area contributed by atoms with Gasteiger partial charge >= 0.3 is 0 Å². The summed E-state index contributed by atoms with van der Waals surface area (Å²) < 4.78 is 14.9. The van der Waals surface area contributed by atoms with E-state index in [9.17, 15) is 14.7 Å². The molecule has 33 heavy (non-hydrogen) atoms. The Kier molecular flexibility index (Phi) is 7.81. The van der Waals surface area contributed by atoms with Gasteiger partial charge in [0.15, 0.2) is 11.6 Å². The first kappa shape index (κ1) is 24.0. The molecule has 3 aromatic rings. The highest BCUT2D eigenvalue weighted by atomic mass is 32.1. The van der Waals surface area contributed by atoms with E-state index < -0.39 is 6.04 Å². The SMILES string of the molecule is COc1ccc(-c2nscc2C(=O)C(Nc2cc(CO)cc(OC)c2)C(N)=CC(C)=O)cc1. The van der Waals surface area contributed by atoms with Gasteiger partial charge in [0.25, 0.3) is 0 Å². The molecule has 172 valence electrons. The second-order valence-electron chi connectivity index (χ2n) is 7.23. The summed E-state index contributed by atoms with van der Waals surface area (Å²) in [4.78, 5) is 25.3. The molecular weight excluding hydrogens is 442 g/mol. The molecule has 0 saturated carbocycles. The van der Waals surface area contributed by atoms with E-state index in [1.54, 1.807) is 42.8 Å². The van der Waals surface area contributed by atoms with Crippen molar-refractivity contribution in [1.29, 1.82) is 0 Å². The minimum absolute atomic E-state index is 0.0627. The number of ether oxygens (including phenoxy) is 2. The fourth-order valence-electron chi connectivity index (χ4n) is 3.26. The van der Waals surface area contributed by atoms with Crippen molar-refractivity contribution in [2.45, 2.75) is 19.6 Å². The standard InChI is InChI=1S/C24H25N3O5S/c1-14(29)8-21(25)23(26-17-9-15(12-28)10-19(11-17)32-3)24(30)20-13-33-27-22(20)16-4-6-18(31-2)7-5-16/h4-11,13,23,26,28H,12,25H2,1-3H3. The Hall–Kier alpha value is -3.69. The fourth-order valence-corrected chi connectivity index (χ4v) is 3.96. The van der Waals surface area contributed by atoms with E-state index in [1.165, 1.54) is 20.1 Å². The molecule has 2 aromatic carbocycles. The quantitative estimate of drug-likeness (QED) is 0.306. The van der Waals surface area contributed by atoms with Gasteiger partial charge in [-0.15, -0.1) is 0 Å². The first-order chi connectivity index (χ1) is 15.9. The van der Waals surface area contributed by atoms with Crippen molar-refractivity contribution in [3.8, 4) is 22.8 Å². The van der Waals surface area contributed by atoms with Crippen LogP contribution in [-0.2, 0) is 11.4 Å². The molecule has 9 heteroatoms. The Morgan fingerprint density at radius 2 is 1.85 bits per heavy atom. The zero-order valence-corrected chi connectivity index (χ0v) is 19.3. The van der Waals surface area contributed by atoms with Crippen molar-refractivity contribution in [3.63, 3.8) is 0 Å². The van der Waals surface area contributed by atoms with Crippen molar-refractivity contribution in [2.75, 3.05) is 19.5 Å². The molecule has 0 aliphatic heterocycles. The van der Waals surface area contributed by atoms with Crippen molar-refractivity contribution < 1.29 is 24.2 Å². The number of ketones is 2. The number of aromatic nitrogens is 1. The number of nitrogens with two attached hydrogens (primary N) is 1. The average molecular weight is 468 g/mol. The number of carbonyl (C=O) groups is 2. The van der Waals surface area contributed by atoms with Crippen LogP contribution in [0.25, 0.3) is 11.3 Å². The summed E-state index contributed by atoms with van der Waals surface area (Å²) in [5.41, 5.74) is 8.97. The van der Waals surface area contributed by atoms with Crippen LogP contribution >= 0.6 is 11.5 Å². The Bertz CT molecular complexity index is 1150. The van der Waals surface area contributed by atoms with Gasteiger partial charge in [0.1, 0.15) is 17.5 Å². The third-order valence-corrected chi connectivity index (χ3v) is 5.49. The van der Waals surface area contributed by atoms with Gasteiger partial charge in [-0.25, -0.2) is 0 Å². The van der Waals surface area contributed by atoms with Crippen LogP contribution < -0.4 is 20.5 Å². The molecule has 0 aliphatic carbocycles. The van der Waals surface area contributed by atoms with E-state index in [0.717, 1.165) is 17.1 Å². The third-order valence-electron chi connectivity index (χ3n) is 4.86. The molecule has 1 unspecified atom stereocenters. The van der Waals surface area contributed by atoms with Crippen LogP contribution in [0.5, 0.6) is 11.5 Å². The van der Waals surface area contributed by atoms with Gasteiger partial charge in [-0.1, -0.05) is 0 Å². The van der Waals surface area contributed by atoms with Crippen molar-refractivity contribution in [2.24, 2.45) is 5.73 Å². The summed E-state index contributed by atoms with van der Waals surface area (Å²) in [6, 6.07) is 11.2. The molecule has 1 aromatic heterocycles. The predicted molar refractivity (Wildman–Crippen MR) is 128 cm³/mol. The Labute approximate surface area is 195 Å². The zero-order valence-electron chi connectivity index (χ0n) is 18.5. The van der Waals surface area contributed by atoms with Crippen LogP contribution in [0.3, 0.4) is 0 Å². The molecule has 0 spiro atoms. The number of aliphatic hydroxyl groups is 1. The van der Waals surface area contributed by atoms with Gasteiger partial charge in [0, 0.05) is 34.5 Å². The lowest BCUT2D eigenvalue weighted by atomic mass is 9.98. The first-order valence-corrected chi connectivity index (χ1v) is 10.9. The normalized spacial score (nSPS) is 12.2. The fraction of sp³-hybridized carbons (Fsp3) is 0.208. The number of rotatable bonds is 10. The summed E-state index contributed by atoms with van der Waals surface area (Å²) in [6.07, 6.45) is 1.22. The van der Waals surface area contributed by atoms with Gasteiger partial charge in [-0.05, 0) is 60.4 Å². The van der Waals surface area contributed by atoms with Gasteiger partial charge in [-0.2, -0.15) is 4.37 Å². The number of nitrogens with zero attached hydrogens (tertiary/aromatic N) is 1. The van der Waals surface area contributed by atoms with Crippen LogP contribution in [0.15, 0.2) is 59.6 Å². The second kappa shape index (κ2) is 10.8. The molecule has 0 fully saturated rings. The van der Waals surface area contributed by atoms with Crippen LogP contribution in [-0.4, -0.2) is 41.3 Å². The average Bonchev–Trinajstić information content (AvgIpc) is 3.31. The summed E-state index contributed by atoms with van der Waals surface area (Å²) in [5.74, 6) is 0.554. The number of hydrogen-bond acceptors (Lipinski definition) is 9. The van der Waals surface area contributed by atoms with E-state index in [0.29, 0.717) is 34.0 Å². The number of hydrogen-bond donors (Lipinski definition) is 3. The highest BCUT2D eigenvalue weighted by Gasteiger charge is 2.27. The van der Waals surface area contributed by atoms with Gasteiger partial charge in [-0.3, -0.25) is 9.59 Å². The molecule has 1 atom stereocenters. The molecular formula is C24H25N3O5S. The summed E-state index contributed by atoms with van der Waals surface area (Å²) in [5, 5.41) is 14.3. The zero-order chi connectivity index (χ0) is 24.0. The van der Waals surface area contributed by atoms with Crippen LogP contribution in [0, 0.1) is 0 Å². The minimum atomic E-state index is -1.04. The number of methoxy groups -OCH3 is 2. The number of carbonyl (C=O) groups excluding carboxylic acids is 2. The maximum absolute atomic E-state index is 13.6. The monoisotopic (exact) mass is 467 g/mol. The Balaban J connectivity index is 2.01. The molecule has 4 N–H and O–H groups in total. The number of aliphatic hydroxyl groups excluding tert-OH is 1. The predicted octanol–water partition coefficient (Wildman–Crippen LogP) is 3.41. The number of nitrogens with one attached hydrogen (secondary N) is 1. The van der Waals surface area contributed by atoms with Crippen LogP contribution in [0.4, 0.5) is 5.69 Å². The topological polar surface area (TPSA) is 124 Å².